The molecule has 0 aliphatic carbocycles. The van der Waals surface area contributed by atoms with E-state index >= 15 is 0 Å². The van der Waals surface area contributed by atoms with Crippen molar-refractivity contribution >= 4 is 23.7 Å². The standard InChI is InChI=1S/C14H16N4O4/c1-14(9-5-3-8(4-6-9)11(15)16)12(20)18(13(21)17-14)7-10(19)22-2/h3-6H,7H2,1-2H3,(H3,15,16)(H,17,21)/t14-/m0/s1. The Morgan fingerprint density at radius 3 is 2.45 bits per heavy atom. The van der Waals surface area contributed by atoms with Gasteiger partial charge in [0.2, 0.25) is 0 Å². The van der Waals surface area contributed by atoms with Crippen LogP contribution in [0.5, 0.6) is 0 Å². The summed E-state index contributed by atoms with van der Waals surface area (Å²) in [5, 5.41) is 9.92. The number of esters is 1. The summed E-state index contributed by atoms with van der Waals surface area (Å²) in [6, 6.07) is 5.73. The Labute approximate surface area is 126 Å². The Balaban J connectivity index is 2.30. The number of nitrogens with zero attached hydrogens (tertiary/aromatic N) is 1. The predicted octanol–water partition coefficient (Wildman–Crippen LogP) is -0.0893. The van der Waals surface area contributed by atoms with E-state index in [1.165, 1.54) is 7.11 Å². The molecule has 1 aromatic rings. The first-order chi connectivity index (χ1) is 10.3. The Morgan fingerprint density at radius 2 is 1.95 bits per heavy atom. The monoisotopic (exact) mass is 304 g/mol. The van der Waals surface area contributed by atoms with E-state index in [0.29, 0.717) is 11.1 Å². The lowest BCUT2D eigenvalue weighted by Gasteiger charge is -2.22. The minimum absolute atomic E-state index is 0.0918. The number of nitrogens with two attached hydrogens (primary N) is 1. The molecule has 4 N–H and O–H groups in total. The lowest BCUT2D eigenvalue weighted by molar-refractivity contribution is -0.145. The van der Waals surface area contributed by atoms with Crippen molar-refractivity contribution in [2.75, 3.05) is 13.7 Å². The molecule has 0 aromatic heterocycles. The van der Waals surface area contributed by atoms with Crippen LogP contribution in [0.3, 0.4) is 0 Å². The number of amidine groups is 1. The Morgan fingerprint density at radius 1 is 1.36 bits per heavy atom. The molecule has 22 heavy (non-hydrogen) atoms. The van der Waals surface area contributed by atoms with Crippen molar-refractivity contribution in [3.63, 3.8) is 0 Å². The predicted molar refractivity (Wildman–Crippen MR) is 77.1 cm³/mol. The summed E-state index contributed by atoms with van der Waals surface area (Å²) in [6.07, 6.45) is 0. The molecule has 8 heteroatoms. The normalized spacial score (nSPS) is 20.7. The van der Waals surface area contributed by atoms with Crippen molar-refractivity contribution < 1.29 is 19.1 Å². The van der Waals surface area contributed by atoms with Crippen LogP contribution in [0.15, 0.2) is 24.3 Å². The van der Waals surface area contributed by atoms with Crippen molar-refractivity contribution in [1.82, 2.24) is 10.2 Å². The van der Waals surface area contributed by atoms with E-state index in [-0.39, 0.29) is 5.84 Å². The van der Waals surface area contributed by atoms with Crippen molar-refractivity contribution in [3.8, 4) is 0 Å². The highest BCUT2D eigenvalue weighted by molar-refractivity contribution is 6.09. The second kappa shape index (κ2) is 5.47. The third kappa shape index (κ3) is 2.50. The van der Waals surface area contributed by atoms with Crippen molar-refractivity contribution in [2.24, 2.45) is 5.73 Å². The van der Waals surface area contributed by atoms with Crippen LogP contribution >= 0.6 is 0 Å². The molecule has 2 rings (SSSR count). The summed E-state index contributed by atoms with van der Waals surface area (Å²) in [6.45, 7) is 1.11. The molecule has 0 spiro atoms. The van der Waals surface area contributed by atoms with Crippen LogP contribution < -0.4 is 11.1 Å². The van der Waals surface area contributed by atoms with Crippen LogP contribution in [-0.2, 0) is 19.9 Å². The van der Waals surface area contributed by atoms with Gasteiger partial charge in [0.15, 0.2) is 0 Å². The van der Waals surface area contributed by atoms with Gasteiger partial charge in [0.05, 0.1) is 7.11 Å². The Bertz CT molecular complexity index is 655. The molecular weight excluding hydrogens is 288 g/mol. The average molecular weight is 304 g/mol. The van der Waals surface area contributed by atoms with Crippen molar-refractivity contribution in [2.45, 2.75) is 12.5 Å². The first-order valence-electron chi connectivity index (χ1n) is 6.45. The summed E-state index contributed by atoms with van der Waals surface area (Å²) in [4.78, 5) is 36.5. The number of methoxy groups -OCH3 is 1. The van der Waals surface area contributed by atoms with Crippen molar-refractivity contribution in [3.05, 3.63) is 35.4 Å². The molecule has 0 unspecified atom stereocenters. The highest BCUT2D eigenvalue weighted by Crippen LogP contribution is 2.28. The number of imide groups is 1. The molecule has 1 atom stereocenters. The zero-order chi connectivity index (χ0) is 16.5. The van der Waals surface area contributed by atoms with Crippen LogP contribution in [0.2, 0.25) is 0 Å². The van der Waals surface area contributed by atoms with Gasteiger partial charge in [-0.2, -0.15) is 0 Å². The maximum atomic E-state index is 12.5. The topological polar surface area (TPSA) is 126 Å². The molecule has 0 saturated carbocycles. The van der Waals surface area contributed by atoms with Gasteiger partial charge in [-0.05, 0) is 12.5 Å². The van der Waals surface area contributed by atoms with E-state index in [9.17, 15) is 14.4 Å². The molecule has 1 heterocycles. The van der Waals surface area contributed by atoms with Gasteiger partial charge in [0.25, 0.3) is 5.91 Å². The molecule has 3 amide bonds. The number of carbonyl (C=O) groups is 3. The van der Waals surface area contributed by atoms with E-state index < -0.39 is 30.0 Å². The average Bonchev–Trinajstić information content (AvgIpc) is 2.71. The third-order valence-corrected chi connectivity index (χ3v) is 3.56. The molecular formula is C14H16N4O4. The van der Waals surface area contributed by atoms with Gasteiger partial charge in [0.1, 0.15) is 17.9 Å². The van der Waals surface area contributed by atoms with E-state index in [2.05, 4.69) is 10.1 Å². The zero-order valence-corrected chi connectivity index (χ0v) is 12.2. The van der Waals surface area contributed by atoms with E-state index in [1.807, 2.05) is 0 Å². The summed E-state index contributed by atoms with van der Waals surface area (Å²) in [5.41, 5.74) is 5.14. The summed E-state index contributed by atoms with van der Waals surface area (Å²) in [7, 11) is 1.18. The third-order valence-electron chi connectivity index (χ3n) is 3.56. The fourth-order valence-corrected chi connectivity index (χ4v) is 2.21. The summed E-state index contributed by atoms with van der Waals surface area (Å²) < 4.78 is 4.47. The quantitative estimate of drug-likeness (QED) is 0.310. The van der Waals surface area contributed by atoms with Crippen LogP contribution in [-0.4, -0.2) is 42.3 Å². The molecule has 0 radical (unpaired) electrons. The van der Waals surface area contributed by atoms with Crippen LogP contribution in [0.25, 0.3) is 0 Å². The number of carbonyl (C=O) groups excluding carboxylic acids is 3. The van der Waals surface area contributed by atoms with Gasteiger partial charge in [-0.15, -0.1) is 0 Å². The lowest BCUT2D eigenvalue weighted by atomic mass is 9.91. The van der Waals surface area contributed by atoms with E-state index in [4.69, 9.17) is 11.1 Å². The number of benzene rings is 1. The molecule has 1 aliphatic heterocycles. The second-order valence-corrected chi connectivity index (χ2v) is 5.01. The highest BCUT2D eigenvalue weighted by Gasteiger charge is 2.49. The van der Waals surface area contributed by atoms with E-state index in [0.717, 1.165) is 4.90 Å². The van der Waals surface area contributed by atoms with Gasteiger partial charge >= 0.3 is 12.0 Å². The first-order valence-corrected chi connectivity index (χ1v) is 6.45. The SMILES string of the molecule is COC(=O)CN1C(=O)N[C@@](C)(c2ccc(C(=N)N)cc2)C1=O. The highest BCUT2D eigenvalue weighted by atomic mass is 16.5. The Hall–Kier alpha value is -2.90. The van der Waals surface area contributed by atoms with Crippen LogP contribution in [0.4, 0.5) is 4.79 Å². The molecule has 0 bridgehead atoms. The number of nitrogens with one attached hydrogen (secondary N) is 2. The number of urea groups is 1. The second-order valence-electron chi connectivity index (χ2n) is 5.01. The lowest BCUT2D eigenvalue weighted by Crippen LogP contribution is -2.41. The number of nitrogen functional groups attached to an aromatic ring is 1. The largest absolute Gasteiger partial charge is 0.468 e. The molecule has 1 fully saturated rings. The Kier molecular flexibility index (Phi) is 3.85. The molecule has 1 saturated heterocycles. The fraction of sp³-hybridized carbons (Fsp3) is 0.286. The number of hydrogen-bond donors (Lipinski definition) is 3. The smallest absolute Gasteiger partial charge is 0.325 e. The summed E-state index contributed by atoms with van der Waals surface area (Å²) in [5.74, 6) is -1.32. The number of ether oxygens (including phenoxy) is 1. The number of hydrogen-bond acceptors (Lipinski definition) is 5. The number of amides is 3. The summed E-state index contributed by atoms with van der Waals surface area (Å²) >= 11 is 0. The fourth-order valence-electron chi connectivity index (χ4n) is 2.21. The minimum Gasteiger partial charge on any atom is -0.468 e. The van der Waals surface area contributed by atoms with Crippen molar-refractivity contribution in [1.29, 1.82) is 5.41 Å². The van der Waals surface area contributed by atoms with Gasteiger partial charge in [-0.3, -0.25) is 19.9 Å². The molecule has 8 nitrogen and oxygen atoms in total. The maximum Gasteiger partial charge on any atom is 0.325 e. The number of rotatable bonds is 4. The maximum absolute atomic E-state index is 12.5. The molecule has 1 aromatic carbocycles. The minimum atomic E-state index is -1.28. The first kappa shape index (κ1) is 15.5. The van der Waals surface area contributed by atoms with E-state index in [1.54, 1.807) is 31.2 Å². The molecule has 116 valence electrons. The van der Waals surface area contributed by atoms with Crippen LogP contribution in [0, 0.1) is 5.41 Å². The van der Waals surface area contributed by atoms with Gasteiger partial charge in [0, 0.05) is 5.56 Å². The zero-order valence-electron chi connectivity index (χ0n) is 12.2. The van der Waals surface area contributed by atoms with Gasteiger partial charge < -0.3 is 15.8 Å². The van der Waals surface area contributed by atoms with Gasteiger partial charge in [-0.1, -0.05) is 24.3 Å². The van der Waals surface area contributed by atoms with Crippen LogP contribution in [0.1, 0.15) is 18.1 Å². The molecule has 1 aliphatic rings. The van der Waals surface area contributed by atoms with Gasteiger partial charge in [-0.25, -0.2) is 4.79 Å².